The Labute approximate surface area is 85.8 Å². The van der Waals surface area contributed by atoms with E-state index in [0.29, 0.717) is 5.69 Å². The Kier molecular flexibility index (Phi) is 1.52. The Morgan fingerprint density at radius 2 is 1.64 bits per heavy atom. The molecule has 1 radical (unpaired) electrons. The van der Waals surface area contributed by atoms with Crippen molar-refractivity contribution in [2.45, 2.75) is 0 Å². The lowest BCUT2D eigenvalue weighted by molar-refractivity contribution is 1.54. The van der Waals surface area contributed by atoms with Gasteiger partial charge in [-0.05, 0) is 18.2 Å². The molecule has 3 aromatic rings. The highest BCUT2D eigenvalue weighted by molar-refractivity contribution is 7.25. The van der Waals surface area contributed by atoms with E-state index in [9.17, 15) is 0 Å². The van der Waals surface area contributed by atoms with E-state index >= 15 is 0 Å². The van der Waals surface area contributed by atoms with Gasteiger partial charge < -0.3 is 5.73 Å². The predicted molar refractivity (Wildman–Crippen MR) is 62.1 cm³/mol. The van der Waals surface area contributed by atoms with Crippen LogP contribution < -0.4 is 5.73 Å². The molecule has 0 aliphatic carbocycles. The van der Waals surface area contributed by atoms with Crippen molar-refractivity contribution >= 4 is 37.2 Å². The van der Waals surface area contributed by atoms with E-state index in [-0.39, 0.29) is 0 Å². The smallest absolute Gasteiger partial charge is 0.0632 e. The van der Waals surface area contributed by atoms with E-state index in [2.05, 4.69) is 18.2 Å². The second-order valence-corrected chi connectivity index (χ2v) is 4.36. The molecule has 1 heterocycles. The van der Waals surface area contributed by atoms with E-state index in [1.54, 1.807) is 11.3 Å². The molecule has 0 atom stereocenters. The van der Waals surface area contributed by atoms with Crippen LogP contribution >= 0.6 is 11.3 Å². The van der Waals surface area contributed by atoms with Crippen LogP contribution in [0.25, 0.3) is 20.2 Å². The lowest BCUT2D eigenvalue weighted by Crippen LogP contribution is -1.70. The molecule has 0 saturated carbocycles. The highest BCUT2D eigenvalue weighted by Crippen LogP contribution is 2.37. The van der Waals surface area contributed by atoms with Gasteiger partial charge in [0.2, 0.25) is 0 Å². The van der Waals surface area contributed by atoms with Crippen molar-refractivity contribution in [1.29, 1.82) is 0 Å². The van der Waals surface area contributed by atoms with Crippen LogP contribution in [-0.4, -0.2) is 0 Å². The van der Waals surface area contributed by atoms with Crippen molar-refractivity contribution < 1.29 is 0 Å². The molecule has 0 bridgehead atoms. The van der Waals surface area contributed by atoms with Crippen molar-refractivity contribution in [1.82, 2.24) is 5.73 Å². The largest absolute Gasteiger partial charge is 0.300 e. The van der Waals surface area contributed by atoms with Gasteiger partial charge in [0.1, 0.15) is 0 Å². The number of rotatable bonds is 0. The maximum Gasteiger partial charge on any atom is 0.0632 e. The van der Waals surface area contributed by atoms with Crippen LogP contribution in [0.15, 0.2) is 42.5 Å². The Balaban J connectivity index is 2.65. The number of hydrogen-bond acceptors (Lipinski definition) is 1. The third kappa shape index (κ3) is 0.946. The molecule has 0 aliphatic heterocycles. The van der Waals surface area contributed by atoms with Crippen molar-refractivity contribution in [3.8, 4) is 0 Å². The zero-order valence-corrected chi connectivity index (χ0v) is 8.27. The Morgan fingerprint density at radius 1 is 0.857 bits per heavy atom. The van der Waals surface area contributed by atoms with Crippen LogP contribution in [0.3, 0.4) is 0 Å². The molecule has 0 aliphatic rings. The first kappa shape index (κ1) is 7.83. The van der Waals surface area contributed by atoms with Gasteiger partial charge in [0.05, 0.1) is 5.69 Å². The molecule has 2 heteroatoms. The third-order valence-corrected chi connectivity index (χ3v) is 3.54. The van der Waals surface area contributed by atoms with Gasteiger partial charge in [-0.15, -0.1) is 11.3 Å². The second-order valence-electron chi connectivity index (χ2n) is 3.28. The summed E-state index contributed by atoms with van der Waals surface area (Å²) in [6.45, 7) is 0. The minimum absolute atomic E-state index is 0.625. The van der Waals surface area contributed by atoms with E-state index < -0.39 is 0 Å². The summed E-state index contributed by atoms with van der Waals surface area (Å²) < 4.78 is 2.47. The van der Waals surface area contributed by atoms with Crippen molar-refractivity contribution in [2.24, 2.45) is 0 Å². The summed E-state index contributed by atoms with van der Waals surface area (Å²) >= 11 is 1.76. The molecule has 0 spiro atoms. The fourth-order valence-corrected chi connectivity index (χ4v) is 2.91. The maximum atomic E-state index is 7.87. The quantitative estimate of drug-likeness (QED) is 0.522. The van der Waals surface area contributed by atoms with Gasteiger partial charge in [-0.2, -0.15) is 0 Å². The van der Waals surface area contributed by atoms with Gasteiger partial charge in [-0.25, -0.2) is 0 Å². The van der Waals surface area contributed by atoms with Crippen LogP contribution in [0.4, 0.5) is 5.69 Å². The highest BCUT2D eigenvalue weighted by atomic mass is 32.1. The Bertz CT molecular complexity index is 610. The minimum Gasteiger partial charge on any atom is -0.300 e. The van der Waals surface area contributed by atoms with E-state index in [0.717, 1.165) is 5.39 Å². The number of hydrogen-bond donors (Lipinski definition) is 0. The molecule has 3 rings (SSSR count). The summed E-state index contributed by atoms with van der Waals surface area (Å²) in [6.07, 6.45) is 0. The number of fused-ring (bicyclic) bond motifs is 3. The van der Waals surface area contributed by atoms with Gasteiger partial charge in [0.25, 0.3) is 0 Å². The van der Waals surface area contributed by atoms with Gasteiger partial charge in [0.15, 0.2) is 0 Å². The van der Waals surface area contributed by atoms with Gasteiger partial charge >= 0.3 is 0 Å². The van der Waals surface area contributed by atoms with Gasteiger partial charge in [-0.1, -0.05) is 24.3 Å². The summed E-state index contributed by atoms with van der Waals surface area (Å²) in [5.74, 6) is 0. The zero-order chi connectivity index (χ0) is 9.54. The number of thiophene rings is 1. The number of nitrogens with one attached hydrogen (secondary N) is 1. The average Bonchev–Trinajstić information content (AvgIpc) is 2.57. The average molecular weight is 198 g/mol. The summed E-state index contributed by atoms with van der Waals surface area (Å²) in [5.41, 5.74) is 8.49. The normalized spacial score (nSPS) is 11.1. The van der Waals surface area contributed by atoms with Gasteiger partial charge in [0, 0.05) is 20.2 Å². The SMILES string of the molecule is [NH]c1cccc2sc3ccccc3c12. The van der Waals surface area contributed by atoms with E-state index in [1.165, 1.54) is 14.8 Å². The molecular formula is C12H8NS. The highest BCUT2D eigenvalue weighted by Gasteiger charge is 2.05. The first-order valence-electron chi connectivity index (χ1n) is 4.48. The standard InChI is InChI=1S/C12H8NS/c13-9-5-3-7-11-12(9)8-4-1-2-6-10(8)14-11/h1-7,13H. The van der Waals surface area contributed by atoms with Gasteiger partial charge in [-0.3, -0.25) is 0 Å². The number of benzene rings is 2. The second kappa shape index (κ2) is 2.72. The van der Waals surface area contributed by atoms with E-state index in [1.807, 2.05) is 24.3 Å². The molecule has 67 valence electrons. The molecule has 0 unspecified atom stereocenters. The zero-order valence-electron chi connectivity index (χ0n) is 7.45. The molecule has 0 fully saturated rings. The molecule has 0 saturated heterocycles. The summed E-state index contributed by atoms with van der Waals surface area (Å²) in [5, 5.41) is 2.30. The van der Waals surface area contributed by atoms with Crippen molar-refractivity contribution in [3.05, 3.63) is 42.5 Å². The molecule has 2 aromatic carbocycles. The Morgan fingerprint density at radius 3 is 2.57 bits per heavy atom. The lowest BCUT2D eigenvalue weighted by Gasteiger charge is -1.94. The van der Waals surface area contributed by atoms with Crippen LogP contribution in [0.5, 0.6) is 0 Å². The van der Waals surface area contributed by atoms with Crippen LogP contribution in [0.1, 0.15) is 0 Å². The van der Waals surface area contributed by atoms with Crippen molar-refractivity contribution in [3.63, 3.8) is 0 Å². The Hall–Kier alpha value is -1.54. The molecule has 1 N–H and O–H groups in total. The topological polar surface area (TPSA) is 23.8 Å². The fraction of sp³-hybridized carbons (Fsp3) is 0. The minimum atomic E-state index is 0.625. The van der Waals surface area contributed by atoms with Crippen molar-refractivity contribution in [2.75, 3.05) is 0 Å². The summed E-state index contributed by atoms with van der Waals surface area (Å²) in [6, 6.07) is 14.1. The van der Waals surface area contributed by atoms with Crippen LogP contribution in [0, 0.1) is 0 Å². The summed E-state index contributed by atoms with van der Waals surface area (Å²) in [7, 11) is 0. The fourth-order valence-electron chi connectivity index (χ4n) is 1.77. The van der Waals surface area contributed by atoms with E-state index in [4.69, 9.17) is 5.73 Å². The summed E-state index contributed by atoms with van der Waals surface area (Å²) in [4.78, 5) is 0. The first-order valence-corrected chi connectivity index (χ1v) is 5.30. The van der Waals surface area contributed by atoms with Crippen LogP contribution in [0.2, 0.25) is 0 Å². The molecule has 14 heavy (non-hydrogen) atoms. The monoisotopic (exact) mass is 198 g/mol. The third-order valence-electron chi connectivity index (χ3n) is 2.40. The predicted octanol–water partition coefficient (Wildman–Crippen LogP) is 3.97. The maximum absolute atomic E-state index is 7.87. The molecule has 0 amide bonds. The van der Waals surface area contributed by atoms with Crippen LogP contribution in [-0.2, 0) is 0 Å². The molecule has 1 nitrogen and oxygen atoms in total. The molecular weight excluding hydrogens is 190 g/mol. The first-order chi connectivity index (χ1) is 6.86. The molecule has 1 aromatic heterocycles. The lowest BCUT2D eigenvalue weighted by atomic mass is 10.1.